The second-order valence-corrected chi connectivity index (χ2v) is 66.8. The van der Waals surface area contributed by atoms with Gasteiger partial charge in [0.2, 0.25) is 23.8 Å². The van der Waals surface area contributed by atoms with E-state index in [2.05, 4.69) is 194 Å². The number of aromatic amines is 1. The van der Waals surface area contributed by atoms with Crippen LogP contribution in [0, 0.1) is 31.1 Å². The highest BCUT2D eigenvalue weighted by Crippen LogP contribution is 2.51. The summed E-state index contributed by atoms with van der Waals surface area (Å²) < 4.78 is 68.9. The van der Waals surface area contributed by atoms with Crippen LogP contribution in [0.4, 0.5) is 35.2 Å². The molecule has 4 aliphatic heterocycles. The van der Waals surface area contributed by atoms with Gasteiger partial charge < -0.3 is 112 Å². The zero-order valence-corrected chi connectivity index (χ0v) is 95.7. The summed E-state index contributed by atoms with van der Waals surface area (Å²) in [6.45, 7) is 60.1. The number of methoxy groups -OCH3 is 2. The van der Waals surface area contributed by atoms with Crippen molar-refractivity contribution in [3.8, 4) is 11.5 Å². The van der Waals surface area contributed by atoms with Crippen molar-refractivity contribution in [1.29, 1.82) is 0 Å². The van der Waals surface area contributed by atoms with Crippen molar-refractivity contribution in [2.45, 2.75) is 361 Å². The maximum Gasteiger partial charge on any atom is 0.275 e. The summed E-state index contributed by atoms with van der Waals surface area (Å²) >= 11 is 26.2. The summed E-state index contributed by atoms with van der Waals surface area (Å²) in [6.07, 6.45) is 4.56. The van der Waals surface area contributed by atoms with E-state index in [4.69, 9.17) is 115 Å². The average Bonchev–Trinajstić information content (AvgIpc) is 1.60. The van der Waals surface area contributed by atoms with Gasteiger partial charge in [-0.2, -0.15) is 19.9 Å². The van der Waals surface area contributed by atoms with Gasteiger partial charge in [0.15, 0.2) is 38.8 Å². The topological polar surface area (TPSA) is 499 Å². The Balaban J connectivity index is 0.000000183. The van der Waals surface area contributed by atoms with Crippen LogP contribution in [-0.4, -0.2) is 203 Å². The number of nitrogens with one attached hydrogen (secondary N) is 3. The highest BCUT2D eigenvalue weighted by Gasteiger charge is 2.50. The number of ether oxygens (including phenoxy) is 8. The number of nitro benzene ring substituents is 2. The van der Waals surface area contributed by atoms with E-state index in [9.17, 15) is 50.6 Å². The Morgan fingerprint density at radius 3 is 1.17 bits per heavy atom. The Hall–Kier alpha value is -8.17. The number of halogens is 4. The van der Waals surface area contributed by atoms with E-state index in [-0.39, 0.29) is 142 Å². The van der Waals surface area contributed by atoms with Gasteiger partial charge in [-0.15, -0.1) is 11.6 Å². The highest BCUT2D eigenvalue weighted by molar-refractivity contribution is 6.83. The van der Waals surface area contributed by atoms with E-state index in [0.717, 1.165) is 42.3 Å². The normalized spacial score (nSPS) is 21.5. The number of alkyl halides is 1. The summed E-state index contributed by atoms with van der Waals surface area (Å²) in [7, 11) is -4.75. The molecule has 0 amide bonds. The molecular weight excluding hydrogens is 2000 g/mol. The minimum atomic E-state index is -1.96. The molecule has 2 aromatic carbocycles. The molecule has 0 aliphatic carbocycles. The highest BCUT2D eigenvalue weighted by atomic mass is 35.5. The summed E-state index contributed by atoms with van der Waals surface area (Å²) in [5, 5.41) is 76.7. The first kappa shape index (κ1) is 116. The number of fused-ring (bicyclic) bond motifs is 4. The SMILES string of the molecule is CC[C@H]1O[C@@H](n2cc(CCl)c3c(Cl)nc(N[Si](C)(C)C(C)(C)C)nc32)C[C@H]1O[Si](C)(C)C(C)(C)C.CC[C@H]1O[C@@H](n2cc(CO)c3c(Cl)nc(N[Si](C)(C)C(C)(C)C)nc32)C[C@H]1O[Si](C)(C)C(C)(C)C.COc1ccc([N+](=O)[O-])c(C(OCc2cn([C@H]3C[C@@H](O)[C@@H](CO)O3)c3nc(N)[nH]c(=O)c23)C(C)(C)C)c1.COc1ccc([N+](=O)[O-])c(C(OCc2cn([C@H]3C[C@@H](O)[C@@H](CO)O3)c3nc(N)nc(Cl)c23)C(C)(C)C)c1. The number of anilines is 4. The van der Waals surface area contributed by atoms with Crippen LogP contribution in [0.1, 0.15) is 247 Å². The van der Waals surface area contributed by atoms with Crippen molar-refractivity contribution in [1.82, 2.24) is 58.1 Å². The predicted octanol–water partition coefficient (Wildman–Crippen LogP) is 21.1. The van der Waals surface area contributed by atoms with Gasteiger partial charge in [0.25, 0.3) is 16.9 Å². The Bertz CT molecular complexity index is 6110. The van der Waals surface area contributed by atoms with Crippen molar-refractivity contribution < 1.29 is 82.1 Å². The molecule has 12 heterocycles. The number of benzene rings is 2. The number of H-pyrrole nitrogens is 1. The van der Waals surface area contributed by atoms with Gasteiger partial charge in [0, 0.05) is 85.2 Å². The van der Waals surface area contributed by atoms with E-state index in [1.807, 2.05) is 58.5 Å². The molecule has 144 heavy (non-hydrogen) atoms. The van der Waals surface area contributed by atoms with Crippen LogP contribution in [0.3, 0.4) is 0 Å². The Kier molecular flexibility index (Phi) is 36.2. The average molecular weight is 2150 g/mol. The maximum atomic E-state index is 12.9. The fourth-order valence-corrected chi connectivity index (χ4v) is 23.0. The number of aliphatic hydroxyl groups excluding tert-OH is 5. The number of hydrogen-bond donors (Lipinski definition) is 10. The van der Waals surface area contributed by atoms with Crippen LogP contribution in [0.25, 0.3) is 44.1 Å². The molecule has 2 unspecified atom stereocenters. The van der Waals surface area contributed by atoms with Gasteiger partial charge in [0.05, 0.1) is 139 Å². The third-order valence-electron chi connectivity index (χ3n) is 29.3. The first-order chi connectivity index (χ1) is 66.7. The molecule has 796 valence electrons. The molecule has 4 aliphatic rings. The maximum absolute atomic E-state index is 12.9. The van der Waals surface area contributed by atoms with Gasteiger partial charge >= 0.3 is 0 Å². The first-order valence-electron chi connectivity index (χ1n) is 48.7. The molecule has 46 heteroatoms. The molecule has 14 rings (SSSR count). The molecule has 4 saturated heterocycles. The monoisotopic (exact) mass is 2150 g/mol. The minimum Gasteiger partial charge on any atom is -0.497 e. The Labute approximate surface area is 866 Å². The van der Waals surface area contributed by atoms with Crippen LogP contribution in [-0.2, 0) is 63.0 Å². The van der Waals surface area contributed by atoms with Gasteiger partial charge in [-0.1, -0.05) is 199 Å². The molecule has 0 radical (unpaired) electrons. The molecule has 0 saturated carbocycles. The number of nitrogens with two attached hydrogens (primary N) is 2. The van der Waals surface area contributed by atoms with Gasteiger partial charge in [-0.25, -0.2) is 15.0 Å². The Morgan fingerprint density at radius 2 is 0.833 bits per heavy atom. The fraction of sp³-hybridized carbons (Fsp3) is 0.633. The summed E-state index contributed by atoms with van der Waals surface area (Å²) in [4.78, 5) is 77.0. The van der Waals surface area contributed by atoms with E-state index >= 15 is 0 Å². The number of nitro groups is 2. The van der Waals surface area contributed by atoms with Crippen LogP contribution < -0.4 is 36.5 Å². The number of nitrogens with zero attached hydrogens (tertiary/aromatic N) is 13. The first-order valence-corrected chi connectivity index (χ1v) is 62.2. The minimum absolute atomic E-state index is 0.00546. The van der Waals surface area contributed by atoms with Crippen molar-refractivity contribution in [2.24, 2.45) is 10.8 Å². The zero-order valence-electron chi connectivity index (χ0n) is 88.7. The number of aliphatic hydroxyl groups is 5. The van der Waals surface area contributed by atoms with E-state index < -0.39 is 108 Å². The van der Waals surface area contributed by atoms with E-state index in [1.54, 1.807) is 33.7 Å². The third kappa shape index (κ3) is 25.6. The summed E-state index contributed by atoms with van der Waals surface area (Å²) in [5.74, 6) is 2.20. The van der Waals surface area contributed by atoms with Crippen molar-refractivity contribution in [3.63, 3.8) is 0 Å². The van der Waals surface area contributed by atoms with E-state index in [1.165, 1.54) is 38.5 Å². The number of aromatic nitrogens is 12. The lowest BCUT2D eigenvalue weighted by molar-refractivity contribution is -0.386. The van der Waals surface area contributed by atoms with Crippen LogP contribution in [0.15, 0.2) is 66.0 Å². The molecule has 8 aromatic heterocycles. The molecule has 10 aromatic rings. The molecule has 4 fully saturated rings. The second kappa shape index (κ2) is 44.9. The number of rotatable bonds is 30. The predicted molar refractivity (Wildman–Crippen MR) is 572 cm³/mol. The lowest BCUT2D eigenvalue weighted by Gasteiger charge is -2.39. The Morgan fingerprint density at radius 1 is 0.493 bits per heavy atom. The van der Waals surface area contributed by atoms with E-state index in [0.29, 0.717) is 89.5 Å². The molecule has 38 nitrogen and oxygen atoms in total. The van der Waals surface area contributed by atoms with Gasteiger partial charge in [-0.05, 0) is 99.8 Å². The third-order valence-corrected chi connectivity index (χ3v) is 48.6. The lowest BCUT2D eigenvalue weighted by atomic mass is 9.83. The molecule has 14 atom stereocenters. The summed E-state index contributed by atoms with van der Waals surface area (Å²) in [5.41, 5.74) is 15.3. The number of hydrogen-bond acceptors (Lipinski definition) is 31. The molecule has 0 bridgehead atoms. The zero-order chi connectivity index (χ0) is 107. The smallest absolute Gasteiger partial charge is 0.275 e. The van der Waals surface area contributed by atoms with Crippen LogP contribution in [0.2, 0.25) is 88.0 Å². The largest absolute Gasteiger partial charge is 0.497 e. The van der Waals surface area contributed by atoms with Crippen LogP contribution in [0.5, 0.6) is 11.5 Å². The van der Waals surface area contributed by atoms with Gasteiger partial charge in [0.1, 0.15) is 81.0 Å². The molecule has 0 spiro atoms. The lowest BCUT2D eigenvalue weighted by Crippen LogP contribution is -2.46. The van der Waals surface area contributed by atoms with Crippen molar-refractivity contribution >= 4 is 159 Å². The molecule has 12 N–H and O–H groups in total. The summed E-state index contributed by atoms with van der Waals surface area (Å²) in [6, 6.07) is 9.01. The quantitative estimate of drug-likeness (QED) is 0.00657. The fourth-order valence-electron chi connectivity index (χ4n) is 17.1. The van der Waals surface area contributed by atoms with Gasteiger partial charge in [-0.3, -0.25) is 30.0 Å². The second-order valence-electron chi connectivity index (χ2n) is 45.9. The standard InChI is InChI=1S/C25H44Cl2N4O2Si2.C25H45ClN4O3Si2.C24H30ClN5O7.C24H31N5O8/c1-12-17-18(33-35(10,11)25(5,6)7)13-19(32-17)31-15-16(14-26)20-21(27)28-23(29-22(20)31)30-34(8,9)24(2,3)4;1-12-17-18(33-35(10,11)25(5,6)7)13-19(32-17)30-14-16(15-31)20-21(26)27-23(28-22(20)30)29-34(8,9)24(2,3)4;1-24(2,3)20(14-7-13(35-4)5-6-15(14)30(33)34)36-11-12-9-29(18-8-16(32)17(10-31)37-18)22-19(12)21(25)27-23(26)28-22;1-24(2,3)20(14-7-13(35-4)5-6-15(14)29(33)34)36-11-12-9-28(18-8-16(31)17(10-30)37-18)21-19(12)22(32)27-23(25)26-21/h15,17-19H,12-14H2,1-11H3,(H,28,29,30);14,17-19,31H,12-13,15H2,1-11H3,(H,27,28,29);5-7,9,16-18,20,31-32H,8,10-11H2,1-4H3,(H2,26,27,28);5-7,9,16-18,20,30-31H,8,10-11H2,1-4H3,(H3,25,26,27,32)/t2*17-,18-,19-;2*16-,17-,18-,20?/m1111/s1. The number of nitrogen functional groups attached to an aromatic ring is 2. The van der Waals surface area contributed by atoms with Crippen molar-refractivity contribution in [3.05, 3.63) is 141 Å². The van der Waals surface area contributed by atoms with Crippen molar-refractivity contribution in [2.75, 3.05) is 48.9 Å². The van der Waals surface area contributed by atoms with Crippen LogP contribution >= 0.6 is 46.4 Å². The molecular formula is C98H150Cl4N18O20Si4.